The van der Waals surface area contributed by atoms with Gasteiger partial charge in [-0.1, -0.05) is 0 Å². The molecule has 20 heavy (non-hydrogen) atoms. The summed E-state index contributed by atoms with van der Waals surface area (Å²) >= 11 is 0. The van der Waals surface area contributed by atoms with Gasteiger partial charge in [-0.3, -0.25) is 0 Å². The topological polar surface area (TPSA) is 45.0 Å². The number of nitrogens with zero attached hydrogens (tertiary/aromatic N) is 1. The average Bonchev–Trinajstić information content (AvgIpc) is 2.44. The molecule has 4 heteroatoms. The summed E-state index contributed by atoms with van der Waals surface area (Å²) in [4.78, 5) is 0. The Kier molecular flexibility index (Phi) is 5.97. The van der Waals surface area contributed by atoms with Crippen LogP contribution in [0, 0.1) is 22.6 Å². The molecule has 3 nitrogen and oxygen atoms in total. The third kappa shape index (κ3) is 4.82. The fourth-order valence-electron chi connectivity index (χ4n) is 1.90. The first-order valence-corrected chi connectivity index (χ1v) is 6.90. The Bertz CT molecular complexity index is 480. The van der Waals surface area contributed by atoms with Gasteiger partial charge in [0.25, 0.3) is 0 Å². The maximum atomic E-state index is 13.3. The molecular formula is C16H23FN2O. The van der Waals surface area contributed by atoms with Crippen LogP contribution >= 0.6 is 0 Å². The Labute approximate surface area is 120 Å². The number of rotatable bonds is 7. The molecular weight excluding hydrogens is 255 g/mol. The van der Waals surface area contributed by atoms with Crippen LogP contribution in [-0.4, -0.2) is 13.7 Å². The summed E-state index contributed by atoms with van der Waals surface area (Å²) in [5.41, 5.74) is 0.486. The molecule has 0 aromatic heterocycles. The zero-order valence-corrected chi connectivity index (χ0v) is 12.7. The maximum Gasteiger partial charge on any atom is 0.124 e. The highest BCUT2D eigenvalue weighted by atomic mass is 19.1. The summed E-state index contributed by atoms with van der Waals surface area (Å²) in [5.74, 6) is 0.433. The van der Waals surface area contributed by atoms with Crippen LogP contribution in [-0.2, 0) is 0 Å². The second-order valence-electron chi connectivity index (χ2n) is 5.64. The minimum atomic E-state index is -0.326. The lowest BCUT2D eigenvalue weighted by Crippen LogP contribution is -2.15. The van der Waals surface area contributed by atoms with E-state index in [0.29, 0.717) is 12.4 Å². The minimum absolute atomic E-state index is 0.0243. The molecule has 1 unspecified atom stereocenters. The molecule has 0 saturated carbocycles. The molecule has 1 atom stereocenters. The largest absolute Gasteiger partial charge is 0.493 e. The number of halogens is 1. The summed E-state index contributed by atoms with van der Waals surface area (Å²) in [7, 11) is 1.83. The minimum Gasteiger partial charge on any atom is -0.493 e. The third-order valence-corrected chi connectivity index (χ3v) is 3.38. The molecule has 0 aliphatic carbocycles. The van der Waals surface area contributed by atoms with E-state index in [4.69, 9.17) is 10.00 Å². The van der Waals surface area contributed by atoms with Crippen molar-refractivity contribution >= 4 is 0 Å². The Morgan fingerprint density at radius 1 is 1.45 bits per heavy atom. The molecule has 0 spiro atoms. The van der Waals surface area contributed by atoms with Crippen molar-refractivity contribution in [2.75, 3.05) is 13.7 Å². The first-order valence-electron chi connectivity index (χ1n) is 6.90. The monoisotopic (exact) mass is 278 g/mol. The highest BCUT2D eigenvalue weighted by Gasteiger charge is 2.16. The predicted molar refractivity (Wildman–Crippen MR) is 78.0 cm³/mol. The van der Waals surface area contributed by atoms with E-state index in [1.165, 1.54) is 12.1 Å². The Morgan fingerprint density at radius 3 is 2.75 bits per heavy atom. The van der Waals surface area contributed by atoms with Crippen LogP contribution in [0.3, 0.4) is 0 Å². The van der Waals surface area contributed by atoms with Gasteiger partial charge in [-0.15, -0.1) is 0 Å². The molecule has 1 N–H and O–H groups in total. The van der Waals surface area contributed by atoms with Gasteiger partial charge in [0.2, 0.25) is 0 Å². The molecule has 0 aliphatic heterocycles. The van der Waals surface area contributed by atoms with Crippen LogP contribution in [0.2, 0.25) is 0 Å². The van der Waals surface area contributed by atoms with Gasteiger partial charge in [0.1, 0.15) is 11.6 Å². The van der Waals surface area contributed by atoms with Crippen LogP contribution in [0.4, 0.5) is 4.39 Å². The van der Waals surface area contributed by atoms with Crippen LogP contribution in [0.1, 0.15) is 45.2 Å². The maximum absolute atomic E-state index is 13.3. The highest BCUT2D eigenvalue weighted by Crippen LogP contribution is 2.27. The van der Waals surface area contributed by atoms with Gasteiger partial charge in [0.15, 0.2) is 0 Å². The first kappa shape index (κ1) is 16.5. The molecule has 0 aliphatic rings. The second-order valence-corrected chi connectivity index (χ2v) is 5.64. The standard InChI is InChI=1S/C16H23FN2O/c1-12(19-4)14-10-13(17)6-7-15(14)20-9-5-8-16(2,3)11-18/h6-7,10,12,19H,5,8-9H2,1-4H3. The number of hydrogen-bond donors (Lipinski definition) is 1. The predicted octanol–water partition coefficient (Wildman–Crippen LogP) is 3.81. The third-order valence-electron chi connectivity index (χ3n) is 3.38. The quantitative estimate of drug-likeness (QED) is 0.771. The highest BCUT2D eigenvalue weighted by molar-refractivity contribution is 5.36. The fourth-order valence-corrected chi connectivity index (χ4v) is 1.90. The number of ether oxygens (including phenoxy) is 1. The number of nitriles is 1. The van der Waals surface area contributed by atoms with E-state index in [1.54, 1.807) is 6.07 Å². The van der Waals surface area contributed by atoms with Crippen LogP contribution in [0.5, 0.6) is 5.75 Å². The Balaban J connectivity index is 2.62. The smallest absolute Gasteiger partial charge is 0.124 e. The van der Waals surface area contributed by atoms with E-state index in [9.17, 15) is 4.39 Å². The van der Waals surface area contributed by atoms with Gasteiger partial charge in [-0.25, -0.2) is 4.39 Å². The zero-order chi connectivity index (χ0) is 15.2. The van der Waals surface area contributed by atoms with E-state index in [1.807, 2.05) is 27.8 Å². The normalized spacial score (nSPS) is 12.8. The van der Waals surface area contributed by atoms with Crippen LogP contribution in [0.25, 0.3) is 0 Å². The van der Waals surface area contributed by atoms with Crippen molar-refractivity contribution in [1.29, 1.82) is 5.26 Å². The van der Waals surface area contributed by atoms with Crippen molar-refractivity contribution in [2.24, 2.45) is 5.41 Å². The molecule has 0 bridgehead atoms. The van der Waals surface area contributed by atoms with Crippen molar-refractivity contribution in [3.05, 3.63) is 29.6 Å². The van der Waals surface area contributed by atoms with Gasteiger partial charge < -0.3 is 10.1 Å². The molecule has 1 rings (SSSR count). The van der Waals surface area contributed by atoms with Crippen molar-refractivity contribution in [1.82, 2.24) is 5.32 Å². The molecule has 1 aromatic rings. The molecule has 1 aromatic carbocycles. The van der Waals surface area contributed by atoms with Crippen LogP contribution < -0.4 is 10.1 Å². The Morgan fingerprint density at radius 2 is 2.15 bits per heavy atom. The number of benzene rings is 1. The van der Waals surface area contributed by atoms with Crippen molar-refractivity contribution < 1.29 is 9.13 Å². The summed E-state index contributed by atoms with van der Waals surface area (Å²) in [6.45, 7) is 6.32. The average molecular weight is 278 g/mol. The zero-order valence-electron chi connectivity index (χ0n) is 12.7. The SMILES string of the molecule is CNC(C)c1cc(F)ccc1OCCCC(C)(C)C#N. The number of nitrogens with one attached hydrogen (secondary N) is 1. The van der Waals surface area contributed by atoms with Crippen molar-refractivity contribution in [3.8, 4) is 11.8 Å². The number of hydrogen-bond acceptors (Lipinski definition) is 3. The molecule has 0 saturated heterocycles. The molecule has 0 amide bonds. The van der Waals surface area contributed by atoms with Gasteiger partial charge in [0.05, 0.1) is 18.1 Å². The fraction of sp³-hybridized carbons (Fsp3) is 0.562. The second kappa shape index (κ2) is 7.25. The van der Waals surface area contributed by atoms with E-state index in [-0.39, 0.29) is 17.3 Å². The van der Waals surface area contributed by atoms with Gasteiger partial charge in [-0.2, -0.15) is 5.26 Å². The van der Waals surface area contributed by atoms with Crippen molar-refractivity contribution in [3.63, 3.8) is 0 Å². The van der Waals surface area contributed by atoms with E-state index < -0.39 is 0 Å². The van der Waals surface area contributed by atoms with E-state index in [2.05, 4.69) is 11.4 Å². The summed E-state index contributed by atoms with van der Waals surface area (Å²) in [5, 5.41) is 12.0. The van der Waals surface area contributed by atoms with Gasteiger partial charge >= 0.3 is 0 Å². The van der Waals surface area contributed by atoms with Gasteiger partial charge in [0, 0.05) is 11.6 Å². The molecule has 0 heterocycles. The van der Waals surface area contributed by atoms with E-state index in [0.717, 1.165) is 18.4 Å². The lowest BCUT2D eigenvalue weighted by Gasteiger charge is -2.18. The van der Waals surface area contributed by atoms with Gasteiger partial charge in [-0.05, 0) is 58.9 Å². The first-order chi connectivity index (χ1) is 9.39. The molecule has 110 valence electrons. The lowest BCUT2D eigenvalue weighted by atomic mass is 9.90. The lowest BCUT2D eigenvalue weighted by molar-refractivity contribution is 0.279. The molecule has 0 fully saturated rings. The summed E-state index contributed by atoms with van der Waals surface area (Å²) in [6.07, 6.45) is 1.58. The summed E-state index contributed by atoms with van der Waals surface area (Å²) in [6, 6.07) is 6.85. The van der Waals surface area contributed by atoms with Crippen molar-refractivity contribution in [2.45, 2.75) is 39.7 Å². The summed E-state index contributed by atoms with van der Waals surface area (Å²) < 4.78 is 19.1. The Hall–Kier alpha value is -1.60. The van der Waals surface area contributed by atoms with Crippen LogP contribution in [0.15, 0.2) is 18.2 Å². The van der Waals surface area contributed by atoms with E-state index >= 15 is 0 Å². The molecule has 0 radical (unpaired) electrons.